The molecule has 0 atom stereocenters. The number of nitrogens with one attached hydrogen (secondary N) is 1. The number of anilines is 1. The van der Waals surface area contributed by atoms with E-state index < -0.39 is 0 Å². The van der Waals surface area contributed by atoms with Gasteiger partial charge in [-0.1, -0.05) is 6.07 Å². The summed E-state index contributed by atoms with van der Waals surface area (Å²) in [7, 11) is 1.57. The minimum atomic E-state index is -0.295. The molecule has 24 heavy (non-hydrogen) atoms. The SMILES string of the molecule is CCOc1nc(C)c(NC(=O)COc2cccc(OC)c2)c(C)n1. The average molecular weight is 331 g/mol. The summed E-state index contributed by atoms with van der Waals surface area (Å²) in [6.07, 6.45) is 0. The summed E-state index contributed by atoms with van der Waals surface area (Å²) in [4.78, 5) is 20.5. The third kappa shape index (κ3) is 4.58. The molecule has 0 bridgehead atoms. The van der Waals surface area contributed by atoms with Crippen LogP contribution in [0.25, 0.3) is 0 Å². The molecule has 1 heterocycles. The van der Waals surface area contributed by atoms with Gasteiger partial charge in [0.2, 0.25) is 0 Å². The van der Waals surface area contributed by atoms with E-state index in [0.29, 0.717) is 41.2 Å². The van der Waals surface area contributed by atoms with Crippen LogP contribution in [0.2, 0.25) is 0 Å². The van der Waals surface area contributed by atoms with Crippen LogP contribution in [0.1, 0.15) is 18.3 Å². The molecule has 0 saturated carbocycles. The Labute approximate surface area is 141 Å². The van der Waals surface area contributed by atoms with Crippen molar-refractivity contribution in [2.45, 2.75) is 20.8 Å². The van der Waals surface area contributed by atoms with Crippen molar-refractivity contribution < 1.29 is 19.0 Å². The highest BCUT2D eigenvalue weighted by molar-refractivity contribution is 5.92. The van der Waals surface area contributed by atoms with E-state index in [2.05, 4.69) is 15.3 Å². The molecule has 0 radical (unpaired) electrons. The van der Waals surface area contributed by atoms with Crippen molar-refractivity contribution in [3.8, 4) is 17.5 Å². The lowest BCUT2D eigenvalue weighted by Crippen LogP contribution is -2.22. The second-order valence-electron chi connectivity index (χ2n) is 5.00. The molecule has 0 aliphatic rings. The molecule has 0 aliphatic heterocycles. The summed E-state index contributed by atoms with van der Waals surface area (Å²) >= 11 is 0. The van der Waals surface area contributed by atoms with Gasteiger partial charge in [-0.05, 0) is 32.9 Å². The zero-order valence-corrected chi connectivity index (χ0v) is 14.3. The fraction of sp³-hybridized carbons (Fsp3) is 0.353. The Bertz CT molecular complexity index is 696. The summed E-state index contributed by atoms with van der Waals surface area (Å²) in [5, 5.41) is 2.77. The molecule has 128 valence electrons. The van der Waals surface area contributed by atoms with Crippen LogP contribution in [0.3, 0.4) is 0 Å². The summed E-state index contributed by atoms with van der Waals surface area (Å²) in [6, 6.07) is 7.37. The number of hydrogen-bond donors (Lipinski definition) is 1. The summed E-state index contributed by atoms with van der Waals surface area (Å²) in [5.74, 6) is 0.928. The van der Waals surface area contributed by atoms with Gasteiger partial charge in [0.15, 0.2) is 6.61 Å². The number of methoxy groups -OCH3 is 1. The number of ether oxygens (including phenoxy) is 3. The van der Waals surface area contributed by atoms with Gasteiger partial charge in [-0.3, -0.25) is 4.79 Å². The van der Waals surface area contributed by atoms with Crippen molar-refractivity contribution in [1.29, 1.82) is 0 Å². The molecule has 2 rings (SSSR count). The van der Waals surface area contributed by atoms with Gasteiger partial charge in [0.1, 0.15) is 11.5 Å². The maximum absolute atomic E-state index is 12.1. The Hall–Kier alpha value is -2.83. The zero-order valence-electron chi connectivity index (χ0n) is 14.3. The van der Waals surface area contributed by atoms with Gasteiger partial charge >= 0.3 is 6.01 Å². The zero-order chi connectivity index (χ0) is 17.5. The predicted molar refractivity (Wildman–Crippen MR) is 89.8 cm³/mol. The van der Waals surface area contributed by atoms with Crippen LogP contribution in [0, 0.1) is 13.8 Å². The first-order chi connectivity index (χ1) is 11.5. The van der Waals surface area contributed by atoms with Crippen LogP contribution in [-0.2, 0) is 4.79 Å². The van der Waals surface area contributed by atoms with E-state index in [-0.39, 0.29) is 12.5 Å². The van der Waals surface area contributed by atoms with Gasteiger partial charge in [-0.15, -0.1) is 0 Å². The molecular formula is C17H21N3O4. The fourth-order valence-electron chi connectivity index (χ4n) is 2.08. The number of amides is 1. The van der Waals surface area contributed by atoms with Crippen molar-refractivity contribution in [2.75, 3.05) is 25.6 Å². The van der Waals surface area contributed by atoms with Gasteiger partial charge < -0.3 is 19.5 Å². The molecule has 2 aromatic rings. The van der Waals surface area contributed by atoms with E-state index in [1.807, 2.05) is 6.92 Å². The number of benzene rings is 1. The lowest BCUT2D eigenvalue weighted by atomic mass is 10.3. The number of carbonyl (C=O) groups is 1. The van der Waals surface area contributed by atoms with Crippen molar-refractivity contribution in [3.63, 3.8) is 0 Å². The minimum Gasteiger partial charge on any atom is -0.497 e. The topological polar surface area (TPSA) is 82.6 Å². The normalized spacial score (nSPS) is 10.2. The maximum atomic E-state index is 12.1. The molecule has 7 nitrogen and oxygen atoms in total. The van der Waals surface area contributed by atoms with E-state index in [1.54, 1.807) is 45.2 Å². The van der Waals surface area contributed by atoms with E-state index in [1.165, 1.54) is 0 Å². The largest absolute Gasteiger partial charge is 0.497 e. The monoisotopic (exact) mass is 331 g/mol. The Balaban J connectivity index is 1.99. The minimum absolute atomic E-state index is 0.126. The molecule has 0 unspecified atom stereocenters. The van der Waals surface area contributed by atoms with Crippen LogP contribution in [0.5, 0.6) is 17.5 Å². The van der Waals surface area contributed by atoms with Gasteiger partial charge in [0, 0.05) is 6.07 Å². The molecule has 1 aromatic carbocycles. The first kappa shape index (κ1) is 17.5. The summed E-state index contributed by atoms with van der Waals surface area (Å²) < 4.78 is 15.9. The van der Waals surface area contributed by atoms with Crippen LogP contribution in [0.4, 0.5) is 5.69 Å². The summed E-state index contributed by atoms with van der Waals surface area (Å²) in [6.45, 7) is 5.79. The molecule has 0 saturated heterocycles. The predicted octanol–water partition coefficient (Wildman–Crippen LogP) is 2.52. The molecular weight excluding hydrogens is 310 g/mol. The number of nitrogens with zero attached hydrogens (tertiary/aromatic N) is 2. The second-order valence-corrected chi connectivity index (χ2v) is 5.00. The number of aromatic nitrogens is 2. The molecule has 1 amide bonds. The standard InChI is InChI=1S/C17H21N3O4/c1-5-23-17-18-11(2)16(12(3)19-17)20-15(21)10-24-14-8-6-7-13(9-14)22-4/h6-9H,5,10H2,1-4H3,(H,20,21). The van der Waals surface area contributed by atoms with Crippen LogP contribution < -0.4 is 19.5 Å². The Kier molecular flexibility index (Phi) is 5.95. The van der Waals surface area contributed by atoms with Gasteiger partial charge in [-0.2, -0.15) is 9.97 Å². The Morgan fingerprint density at radius 1 is 1.12 bits per heavy atom. The molecule has 0 aliphatic carbocycles. The Morgan fingerprint density at radius 3 is 2.42 bits per heavy atom. The van der Waals surface area contributed by atoms with E-state index in [0.717, 1.165) is 0 Å². The maximum Gasteiger partial charge on any atom is 0.316 e. The third-order valence-corrected chi connectivity index (χ3v) is 3.20. The second kappa shape index (κ2) is 8.14. The van der Waals surface area contributed by atoms with Crippen LogP contribution >= 0.6 is 0 Å². The fourth-order valence-corrected chi connectivity index (χ4v) is 2.08. The first-order valence-electron chi connectivity index (χ1n) is 7.58. The highest BCUT2D eigenvalue weighted by Crippen LogP contribution is 2.21. The molecule has 1 aromatic heterocycles. The lowest BCUT2D eigenvalue weighted by Gasteiger charge is -2.12. The average Bonchev–Trinajstić information content (AvgIpc) is 2.57. The lowest BCUT2D eigenvalue weighted by molar-refractivity contribution is -0.118. The molecule has 0 spiro atoms. The van der Waals surface area contributed by atoms with E-state index >= 15 is 0 Å². The highest BCUT2D eigenvalue weighted by Gasteiger charge is 2.12. The van der Waals surface area contributed by atoms with Gasteiger partial charge in [0.05, 0.1) is 30.8 Å². The smallest absolute Gasteiger partial charge is 0.316 e. The van der Waals surface area contributed by atoms with Crippen molar-refractivity contribution in [3.05, 3.63) is 35.7 Å². The first-order valence-corrected chi connectivity index (χ1v) is 7.58. The van der Waals surface area contributed by atoms with Gasteiger partial charge in [0.25, 0.3) is 5.91 Å². The molecule has 0 fully saturated rings. The molecule has 7 heteroatoms. The van der Waals surface area contributed by atoms with Crippen molar-refractivity contribution >= 4 is 11.6 Å². The van der Waals surface area contributed by atoms with Crippen LogP contribution in [-0.4, -0.2) is 36.2 Å². The number of rotatable bonds is 7. The highest BCUT2D eigenvalue weighted by atomic mass is 16.5. The number of carbonyl (C=O) groups excluding carboxylic acids is 1. The number of hydrogen-bond acceptors (Lipinski definition) is 6. The van der Waals surface area contributed by atoms with Crippen molar-refractivity contribution in [2.24, 2.45) is 0 Å². The van der Waals surface area contributed by atoms with E-state index in [9.17, 15) is 4.79 Å². The van der Waals surface area contributed by atoms with E-state index in [4.69, 9.17) is 14.2 Å². The number of aryl methyl sites for hydroxylation is 2. The van der Waals surface area contributed by atoms with Gasteiger partial charge in [-0.25, -0.2) is 0 Å². The van der Waals surface area contributed by atoms with Crippen LogP contribution in [0.15, 0.2) is 24.3 Å². The molecule has 1 N–H and O–H groups in total. The van der Waals surface area contributed by atoms with Crippen molar-refractivity contribution in [1.82, 2.24) is 9.97 Å². The third-order valence-electron chi connectivity index (χ3n) is 3.20. The summed E-state index contributed by atoms with van der Waals surface area (Å²) in [5.41, 5.74) is 1.85. The Morgan fingerprint density at radius 2 is 1.79 bits per heavy atom. The quantitative estimate of drug-likeness (QED) is 0.839.